The minimum atomic E-state index is -3.42. The summed E-state index contributed by atoms with van der Waals surface area (Å²) in [5.41, 5.74) is 5.97. The van der Waals surface area contributed by atoms with Crippen LogP contribution in [-0.2, 0) is 15.8 Å². The van der Waals surface area contributed by atoms with E-state index >= 15 is 0 Å². The van der Waals surface area contributed by atoms with Crippen molar-refractivity contribution in [3.63, 3.8) is 0 Å². The molecular formula is C13H20N2O3S. The van der Waals surface area contributed by atoms with Crippen LogP contribution in [0.25, 0.3) is 0 Å². The van der Waals surface area contributed by atoms with E-state index in [0.29, 0.717) is 24.1 Å². The summed E-state index contributed by atoms with van der Waals surface area (Å²) >= 11 is 0. The Hall–Kier alpha value is -1.11. The summed E-state index contributed by atoms with van der Waals surface area (Å²) < 4.78 is 26.4. The lowest BCUT2D eigenvalue weighted by molar-refractivity contribution is 0.0531. The van der Waals surface area contributed by atoms with Gasteiger partial charge in [-0.2, -0.15) is 0 Å². The summed E-state index contributed by atoms with van der Waals surface area (Å²) in [7, 11) is -3.42. The Morgan fingerprint density at radius 1 is 1.21 bits per heavy atom. The second-order valence-corrected chi connectivity index (χ2v) is 7.06. The van der Waals surface area contributed by atoms with Crippen molar-refractivity contribution in [2.75, 3.05) is 12.3 Å². The highest BCUT2D eigenvalue weighted by Crippen LogP contribution is 2.28. The van der Waals surface area contributed by atoms with Gasteiger partial charge in [0.05, 0.1) is 11.4 Å². The Morgan fingerprint density at radius 2 is 1.79 bits per heavy atom. The van der Waals surface area contributed by atoms with E-state index in [4.69, 9.17) is 5.73 Å². The standard InChI is InChI=1S/C13H20N2O3S/c14-12-5-3-11(4-6-12)9-19(17,18)15-10-13(16)7-1-2-8-13/h3-6,15-16H,1-2,7-10,14H2. The highest BCUT2D eigenvalue weighted by atomic mass is 32.2. The molecule has 0 atom stereocenters. The lowest BCUT2D eigenvalue weighted by Crippen LogP contribution is -2.41. The van der Waals surface area contributed by atoms with Crippen LogP contribution in [0.15, 0.2) is 24.3 Å². The smallest absolute Gasteiger partial charge is 0.215 e. The molecule has 0 unspecified atom stereocenters. The van der Waals surface area contributed by atoms with Crippen LogP contribution >= 0.6 is 0 Å². The first-order chi connectivity index (χ1) is 8.89. The highest BCUT2D eigenvalue weighted by molar-refractivity contribution is 7.88. The van der Waals surface area contributed by atoms with E-state index in [0.717, 1.165) is 12.8 Å². The maximum atomic E-state index is 11.9. The highest BCUT2D eigenvalue weighted by Gasteiger charge is 2.32. The number of sulfonamides is 1. The quantitative estimate of drug-likeness (QED) is 0.703. The van der Waals surface area contributed by atoms with Crippen LogP contribution < -0.4 is 10.5 Å². The lowest BCUT2D eigenvalue weighted by atomic mass is 10.0. The summed E-state index contributed by atoms with van der Waals surface area (Å²) in [4.78, 5) is 0. The molecule has 0 spiro atoms. The largest absolute Gasteiger partial charge is 0.399 e. The first kappa shape index (κ1) is 14.3. The monoisotopic (exact) mass is 284 g/mol. The fraction of sp³-hybridized carbons (Fsp3) is 0.538. The van der Waals surface area contributed by atoms with Crippen molar-refractivity contribution in [2.45, 2.75) is 37.0 Å². The van der Waals surface area contributed by atoms with Crippen LogP contribution in [0.4, 0.5) is 5.69 Å². The predicted octanol–water partition coefficient (Wildman–Crippen LogP) is 0.993. The molecule has 1 aromatic rings. The molecule has 6 heteroatoms. The van der Waals surface area contributed by atoms with Crippen molar-refractivity contribution in [2.24, 2.45) is 0 Å². The Morgan fingerprint density at radius 3 is 2.37 bits per heavy atom. The van der Waals surface area contributed by atoms with Gasteiger partial charge in [-0.15, -0.1) is 0 Å². The fourth-order valence-electron chi connectivity index (χ4n) is 2.34. The number of nitrogen functional groups attached to an aromatic ring is 1. The Kier molecular flexibility index (Phi) is 4.13. The van der Waals surface area contributed by atoms with E-state index < -0.39 is 15.6 Å². The lowest BCUT2D eigenvalue weighted by Gasteiger charge is -2.22. The van der Waals surface area contributed by atoms with Crippen molar-refractivity contribution in [3.8, 4) is 0 Å². The molecule has 1 aliphatic carbocycles. The number of aliphatic hydroxyl groups is 1. The summed E-state index contributed by atoms with van der Waals surface area (Å²) in [5, 5.41) is 10.1. The third kappa shape index (κ3) is 4.19. The number of hydrogen-bond donors (Lipinski definition) is 3. The van der Waals surface area contributed by atoms with Crippen LogP contribution in [0.3, 0.4) is 0 Å². The van der Waals surface area contributed by atoms with E-state index in [1.807, 2.05) is 0 Å². The van der Waals surface area contributed by atoms with Gasteiger partial charge in [0, 0.05) is 12.2 Å². The maximum absolute atomic E-state index is 11.9. The van der Waals surface area contributed by atoms with Gasteiger partial charge in [0.1, 0.15) is 0 Å². The molecule has 0 amide bonds. The van der Waals surface area contributed by atoms with Crippen molar-refractivity contribution in [1.29, 1.82) is 0 Å². The topological polar surface area (TPSA) is 92.4 Å². The number of hydrogen-bond acceptors (Lipinski definition) is 4. The molecule has 0 aliphatic heterocycles. The van der Waals surface area contributed by atoms with Gasteiger partial charge < -0.3 is 10.8 Å². The molecule has 5 nitrogen and oxygen atoms in total. The predicted molar refractivity (Wildman–Crippen MR) is 74.9 cm³/mol. The molecule has 1 aliphatic rings. The number of anilines is 1. The first-order valence-corrected chi connectivity index (χ1v) is 8.08. The second kappa shape index (κ2) is 5.48. The zero-order chi connectivity index (χ0) is 13.9. The van der Waals surface area contributed by atoms with Gasteiger partial charge in [0.15, 0.2) is 0 Å². The third-order valence-corrected chi connectivity index (χ3v) is 4.79. The van der Waals surface area contributed by atoms with Crippen LogP contribution in [0.5, 0.6) is 0 Å². The molecule has 19 heavy (non-hydrogen) atoms. The number of rotatable bonds is 5. The van der Waals surface area contributed by atoms with E-state index in [9.17, 15) is 13.5 Å². The van der Waals surface area contributed by atoms with Crippen molar-refractivity contribution in [3.05, 3.63) is 29.8 Å². The van der Waals surface area contributed by atoms with E-state index in [-0.39, 0.29) is 12.3 Å². The fourth-order valence-corrected chi connectivity index (χ4v) is 3.56. The van der Waals surface area contributed by atoms with Crippen molar-refractivity contribution in [1.82, 2.24) is 4.72 Å². The molecule has 0 radical (unpaired) electrons. The molecule has 0 aromatic heterocycles. The summed E-state index contributed by atoms with van der Waals surface area (Å²) in [5.74, 6) is -0.0939. The Labute approximate surface area is 113 Å². The second-order valence-electron chi connectivity index (χ2n) is 5.25. The molecule has 1 saturated carbocycles. The molecule has 1 fully saturated rings. The minimum absolute atomic E-state index is 0.0939. The van der Waals surface area contributed by atoms with Gasteiger partial charge in [0.25, 0.3) is 0 Å². The van der Waals surface area contributed by atoms with E-state index in [1.54, 1.807) is 24.3 Å². The Bertz CT molecular complexity index is 519. The summed E-state index contributed by atoms with van der Waals surface area (Å²) in [6.07, 6.45) is 3.24. The van der Waals surface area contributed by atoms with Gasteiger partial charge in [0.2, 0.25) is 10.0 Å². The van der Waals surface area contributed by atoms with Gasteiger partial charge in [-0.25, -0.2) is 13.1 Å². The van der Waals surface area contributed by atoms with Crippen LogP contribution in [0, 0.1) is 0 Å². The molecule has 4 N–H and O–H groups in total. The summed E-state index contributed by atoms with van der Waals surface area (Å²) in [6, 6.07) is 6.74. The Balaban J connectivity index is 1.93. The number of nitrogens with two attached hydrogens (primary N) is 1. The number of benzene rings is 1. The third-order valence-electron chi connectivity index (χ3n) is 3.49. The minimum Gasteiger partial charge on any atom is -0.399 e. The maximum Gasteiger partial charge on any atom is 0.215 e. The van der Waals surface area contributed by atoms with E-state index in [2.05, 4.69) is 4.72 Å². The van der Waals surface area contributed by atoms with Crippen LogP contribution in [0.1, 0.15) is 31.2 Å². The van der Waals surface area contributed by atoms with Gasteiger partial charge in [-0.1, -0.05) is 25.0 Å². The average molecular weight is 284 g/mol. The van der Waals surface area contributed by atoms with Crippen molar-refractivity contribution >= 4 is 15.7 Å². The number of nitrogens with one attached hydrogen (secondary N) is 1. The van der Waals surface area contributed by atoms with Crippen LogP contribution in [0.2, 0.25) is 0 Å². The summed E-state index contributed by atoms with van der Waals surface area (Å²) in [6.45, 7) is 0.101. The molecular weight excluding hydrogens is 264 g/mol. The van der Waals surface area contributed by atoms with Crippen molar-refractivity contribution < 1.29 is 13.5 Å². The zero-order valence-corrected chi connectivity index (χ0v) is 11.6. The molecule has 0 saturated heterocycles. The van der Waals surface area contributed by atoms with Gasteiger partial charge >= 0.3 is 0 Å². The first-order valence-electron chi connectivity index (χ1n) is 6.43. The van der Waals surface area contributed by atoms with Gasteiger partial charge in [-0.3, -0.25) is 0 Å². The normalized spacial score (nSPS) is 18.6. The van der Waals surface area contributed by atoms with Crippen LogP contribution in [-0.4, -0.2) is 25.7 Å². The molecule has 106 valence electrons. The molecule has 1 aromatic carbocycles. The zero-order valence-electron chi connectivity index (χ0n) is 10.8. The molecule has 0 bridgehead atoms. The van der Waals surface area contributed by atoms with E-state index in [1.165, 1.54) is 0 Å². The molecule has 0 heterocycles. The SMILES string of the molecule is Nc1ccc(CS(=O)(=O)NCC2(O)CCCC2)cc1. The average Bonchev–Trinajstić information content (AvgIpc) is 2.78. The molecule has 2 rings (SSSR count). The van der Waals surface area contributed by atoms with Gasteiger partial charge in [-0.05, 0) is 30.5 Å².